The van der Waals surface area contributed by atoms with Gasteiger partial charge in [-0.1, -0.05) is 45.0 Å². The molecule has 0 unspecified atom stereocenters. The standard InChI is InChI=1S/C18H21NO2/c1-18(2,3)17(20)19-15-9-5-13(6-10-15)14-7-11-16(21-4)12-8-14/h5-12H,1-4H3,(H,19,20). The van der Waals surface area contributed by atoms with E-state index in [1.807, 2.05) is 69.3 Å². The van der Waals surface area contributed by atoms with Gasteiger partial charge >= 0.3 is 0 Å². The topological polar surface area (TPSA) is 38.3 Å². The predicted octanol–water partition coefficient (Wildman–Crippen LogP) is 4.35. The van der Waals surface area contributed by atoms with Gasteiger partial charge in [0.25, 0.3) is 0 Å². The van der Waals surface area contributed by atoms with Crippen LogP contribution in [0.5, 0.6) is 5.75 Å². The minimum absolute atomic E-state index is 0.0136. The van der Waals surface area contributed by atoms with Gasteiger partial charge in [-0.15, -0.1) is 0 Å². The normalized spacial score (nSPS) is 11.0. The van der Waals surface area contributed by atoms with Crippen molar-refractivity contribution >= 4 is 11.6 Å². The summed E-state index contributed by atoms with van der Waals surface area (Å²) >= 11 is 0. The second-order valence-electron chi connectivity index (χ2n) is 6.01. The Bertz CT molecular complexity index is 607. The highest BCUT2D eigenvalue weighted by Gasteiger charge is 2.20. The van der Waals surface area contributed by atoms with Gasteiger partial charge < -0.3 is 10.1 Å². The summed E-state index contributed by atoms with van der Waals surface area (Å²) in [5.74, 6) is 0.854. The maximum absolute atomic E-state index is 11.9. The van der Waals surface area contributed by atoms with Crippen LogP contribution in [0.4, 0.5) is 5.69 Å². The van der Waals surface area contributed by atoms with Gasteiger partial charge in [0.15, 0.2) is 0 Å². The fraction of sp³-hybridized carbons (Fsp3) is 0.278. The molecule has 0 radical (unpaired) electrons. The molecule has 0 aliphatic carbocycles. The van der Waals surface area contributed by atoms with Crippen molar-refractivity contribution in [2.24, 2.45) is 5.41 Å². The monoisotopic (exact) mass is 283 g/mol. The molecule has 0 aliphatic rings. The molecule has 0 aliphatic heterocycles. The van der Waals surface area contributed by atoms with E-state index in [0.29, 0.717) is 0 Å². The van der Waals surface area contributed by atoms with E-state index in [2.05, 4.69) is 5.32 Å². The Morgan fingerprint density at radius 2 is 1.38 bits per heavy atom. The van der Waals surface area contributed by atoms with Gasteiger partial charge in [0.2, 0.25) is 5.91 Å². The molecule has 2 rings (SSSR count). The van der Waals surface area contributed by atoms with Crippen molar-refractivity contribution in [2.75, 3.05) is 12.4 Å². The van der Waals surface area contributed by atoms with E-state index in [0.717, 1.165) is 22.6 Å². The van der Waals surface area contributed by atoms with Crippen molar-refractivity contribution in [3.63, 3.8) is 0 Å². The first kappa shape index (κ1) is 15.1. The van der Waals surface area contributed by atoms with Crippen LogP contribution in [0.3, 0.4) is 0 Å². The number of hydrogen-bond donors (Lipinski definition) is 1. The first-order chi connectivity index (χ1) is 9.90. The molecule has 0 saturated carbocycles. The number of hydrogen-bond acceptors (Lipinski definition) is 2. The molecule has 0 fully saturated rings. The van der Waals surface area contributed by atoms with Crippen molar-refractivity contribution in [3.8, 4) is 16.9 Å². The van der Waals surface area contributed by atoms with Crippen molar-refractivity contribution in [2.45, 2.75) is 20.8 Å². The van der Waals surface area contributed by atoms with Crippen LogP contribution < -0.4 is 10.1 Å². The van der Waals surface area contributed by atoms with Crippen LogP contribution in [0.2, 0.25) is 0 Å². The maximum Gasteiger partial charge on any atom is 0.229 e. The van der Waals surface area contributed by atoms with Gasteiger partial charge in [0.1, 0.15) is 5.75 Å². The highest BCUT2D eigenvalue weighted by Crippen LogP contribution is 2.24. The molecular formula is C18H21NO2. The van der Waals surface area contributed by atoms with E-state index in [4.69, 9.17) is 4.74 Å². The summed E-state index contributed by atoms with van der Waals surface area (Å²) in [6, 6.07) is 15.7. The third-order valence-corrected chi connectivity index (χ3v) is 3.25. The van der Waals surface area contributed by atoms with Gasteiger partial charge in [0.05, 0.1) is 7.11 Å². The molecule has 1 N–H and O–H groups in total. The number of carbonyl (C=O) groups is 1. The lowest BCUT2D eigenvalue weighted by molar-refractivity contribution is -0.123. The number of nitrogens with one attached hydrogen (secondary N) is 1. The summed E-state index contributed by atoms with van der Waals surface area (Å²) in [6.07, 6.45) is 0. The lowest BCUT2D eigenvalue weighted by Gasteiger charge is -2.17. The van der Waals surface area contributed by atoms with Crippen LogP contribution in [-0.2, 0) is 4.79 Å². The van der Waals surface area contributed by atoms with Crippen LogP contribution in [0.25, 0.3) is 11.1 Å². The molecule has 1 amide bonds. The number of rotatable bonds is 3. The fourth-order valence-electron chi connectivity index (χ4n) is 1.85. The van der Waals surface area contributed by atoms with E-state index in [-0.39, 0.29) is 5.91 Å². The van der Waals surface area contributed by atoms with Crippen molar-refractivity contribution < 1.29 is 9.53 Å². The number of ether oxygens (including phenoxy) is 1. The summed E-state index contributed by atoms with van der Waals surface area (Å²) in [5, 5.41) is 2.92. The molecule has 0 spiro atoms. The van der Waals surface area contributed by atoms with Crippen LogP contribution in [0.15, 0.2) is 48.5 Å². The average Bonchev–Trinajstić information content (AvgIpc) is 2.47. The number of amides is 1. The molecule has 0 saturated heterocycles. The van der Waals surface area contributed by atoms with Gasteiger partial charge in [-0.3, -0.25) is 4.79 Å². The second-order valence-corrected chi connectivity index (χ2v) is 6.01. The van der Waals surface area contributed by atoms with E-state index < -0.39 is 5.41 Å². The van der Waals surface area contributed by atoms with Gasteiger partial charge in [0, 0.05) is 11.1 Å². The largest absolute Gasteiger partial charge is 0.497 e. The maximum atomic E-state index is 11.9. The Balaban J connectivity index is 2.13. The van der Waals surface area contributed by atoms with Crippen LogP contribution in [0, 0.1) is 5.41 Å². The zero-order chi connectivity index (χ0) is 15.5. The number of benzene rings is 2. The van der Waals surface area contributed by atoms with Crippen molar-refractivity contribution in [1.82, 2.24) is 0 Å². The lowest BCUT2D eigenvalue weighted by Crippen LogP contribution is -2.27. The van der Waals surface area contributed by atoms with Crippen LogP contribution in [-0.4, -0.2) is 13.0 Å². The number of methoxy groups -OCH3 is 1. The Labute approximate surface area is 126 Å². The number of carbonyl (C=O) groups excluding carboxylic acids is 1. The summed E-state index contributed by atoms with van der Waals surface area (Å²) in [4.78, 5) is 11.9. The minimum atomic E-state index is -0.394. The summed E-state index contributed by atoms with van der Waals surface area (Å²) in [6.45, 7) is 5.69. The van der Waals surface area contributed by atoms with E-state index in [9.17, 15) is 4.79 Å². The van der Waals surface area contributed by atoms with E-state index in [1.165, 1.54) is 0 Å². The van der Waals surface area contributed by atoms with E-state index >= 15 is 0 Å². The fourth-order valence-corrected chi connectivity index (χ4v) is 1.85. The first-order valence-electron chi connectivity index (χ1n) is 6.96. The third-order valence-electron chi connectivity index (χ3n) is 3.25. The molecule has 21 heavy (non-hydrogen) atoms. The zero-order valence-electron chi connectivity index (χ0n) is 12.9. The summed E-state index contributed by atoms with van der Waals surface area (Å²) in [7, 11) is 1.65. The SMILES string of the molecule is COc1ccc(-c2ccc(NC(=O)C(C)(C)C)cc2)cc1. The molecule has 110 valence electrons. The molecule has 3 heteroatoms. The van der Waals surface area contributed by atoms with Gasteiger partial charge in [-0.25, -0.2) is 0 Å². The van der Waals surface area contributed by atoms with Crippen LogP contribution >= 0.6 is 0 Å². The summed E-state index contributed by atoms with van der Waals surface area (Å²) in [5.41, 5.74) is 2.64. The Morgan fingerprint density at radius 1 is 0.905 bits per heavy atom. The molecule has 0 bridgehead atoms. The summed E-state index contributed by atoms with van der Waals surface area (Å²) < 4.78 is 5.15. The molecule has 2 aromatic rings. The van der Waals surface area contributed by atoms with Crippen molar-refractivity contribution in [1.29, 1.82) is 0 Å². The predicted molar refractivity (Wildman–Crippen MR) is 86.5 cm³/mol. The molecule has 0 atom stereocenters. The zero-order valence-corrected chi connectivity index (χ0v) is 12.9. The van der Waals surface area contributed by atoms with Gasteiger partial charge in [-0.2, -0.15) is 0 Å². The third kappa shape index (κ3) is 3.85. The highest BCUT2D eigenvalue weighted by atomic mass is 16.5. The smallest absolute Gasteiger partial charge is 0.229 e. The molecular weight excluding hydrogens is 262 g/mol. The molecule has 0 aromatic heterocycles. The Morgan fingerprint density at radius 3 is 1.81 bits per heavy atom. The Kier molecular flexibility index (Phi) is 4.32. The number of anilines is 1. The van der Waals surface area contributed by atoms with Crippen molar-refractivity contribution in [3.05, 3.63) is 48.5 Å². The molecule has 0 heterocycles. The first-order valence-corrected chi connectivity index (χ1v) is 6.96. The minimum Gasteiger partial charge on any atom is -0.497 e. The lowest BCUT2D eigenvalue weighted by atomic mass is 9.95. The molecule has 2 aromatic carbocycles. The van der Waals surface area contributed by atoms with E-state index in [1.54, 1.807) is 7.11 Å². The quantitative estimate of drug-likeness (QED) is 0.909. The highest BCUT2D eigenvalue weighted by molar-refractivity contribution is 5.94. The molecule has 3 nitrogen and oxygen atoms in total. The average molecular weight is 283 g/mol. The second kappa shape index (κ2) is 6.00. The van der Waals surface area contributed by atoms with Gasteiger partial charge in [-0.05, 0) is 35.4 Å². The Hall–Kier alpha value is -2.29. The van der Waals surface area contributed by atoms with Crippen LogP contribution in [0.1, 0.15) is 20.8 Å².